The summed E-state index contributed by atoms with van der Waals surface area (Å²) >= 11 is 3.28. The summed E-state index contributed by atoms with van der Waals surface area (Å²) in [5.74, 6) is -0.539. The summed E-state index contributed by atoms with van der Waals surface area (Å²) in [7, 11) is 1.56. The molecular formula is C10H11BrFNO. The van der Waals surface area contributed by atoms with Gasteiger partial charge in [-0.2, -0.15) is 0 Å². The second-order valence-corrected chi connectivity index (χ2v) is 3.91. The molecule has 1 amide bonds. The van der Waals surface area contributed by atoms with Crippen LogP contribution in [-0.4, -0.2) is 19.1 Å². The second-order valence-electron chi connectivity index (χ2n) is 2.99. The van der Waals surface area contributed by atoms with Gasteiger partial charge in [0, 0.05) is 17.2 Å². The van der Waals surface area contributed by atoms with E-state index < -0.39 is 12.1 Å². The first-order chi connectivity index (χ1) is 6.52. The van der Waals surface area contributed by atoms with Gasteiger partial charge in [-0.25, -0.2) is 4.39 Å². The molecule has 0 N–H and O–H groups in total. The van der Waals surface area contributed by atoms with Crippen LogP contribution < -0.4 is 4.90 Å². The maximum absolute atomic E-state index is 12.7. The SMILES string of the molecule is CC(F)C(=O)N(C)c1cccc(Br)c1. The minimum absolute atomic E-state index is 0.539. The van der Waals surface area contributed by atoms with Gasteiger partial charge in [0.05, 0.1) is 0 Å². The third kappa shape index (κ3) is 2.54. The van der Waals surface area contributed by atoms with Crippen LogP contribution in [0.5, 0.6) is 0 Å². The Morgan fingerprint density at radius 3 is 2.71 bits per heavy atom. The fourth-order valence-corrected chi connectivity index (χ4v) is 1.47. The van der Waals surface area contributed by atoms with E-state index in [1.807, 2.05) is 6.07 Å². The molecule has 1 aromatic rings. The van der Waals surface area contributed by atoms with Gasteiger partial charge in [0.2, 0.25) is 0 Å². The van der Waals surface area contributed by atoms with Crippen molar-refractivity contribution < 1.29 is 9.18 Å². The molecule has 0 heterocycles. The van der Waals surface area contributed by atoms with Gasteiger partial charge >= 0.3 is 0 Å². The van der Waals surface area contributed by atoms with Crippen LogP contribution in [0.15, 0.2) is 28.7 Å². The number of rotatable bonds is 2. The monoisotopic (exact) mass is 259 g/mol. The summed E-state index contributed by atoms with van der Waals surface area (Å²) in [6.45, 7) is 1.23. The number of amides is 1. The number of alkyl halides is 1. The molecule has 1 atom stereocenters. The first kappa shape index (κ1) is 11.2. The van der Waals surface area contributed by atoms with E-state index in [1.165, 1.54) is 11.8 Å². The highest BCUT2D eigenvalue weighted by Gasteiger charge is 2.17. The molecule has 2 nitrogen and oxygen atoms in total. The molecule has 0 radical (unpaired) electrons. The van der Waals surface area contributed by atoms with E-state index in [1.54, 1.807) is 25.2 Å². The van der Waals surface area contributed by atoms with Crippen LogP contribution >= 0.6 is 15.9 Å². The topological polar surface area (TPSA) is 20.3 Å². The van der Waals surface area contributed by atoms with Crippen molar-refractivity contribution in [3.05, 3.63) is 28.7 Å². The Kier molecular flexibility index (Phi) is 3.63. The number of benzene rings is 1. The van der Waals surface area contributed by atoms with Crippen molar-refractivity contribution in [1.29, 1.82) is 0 Å². The average Bonchev–Trinajstić information content (AvgIpc) is 2.15. The number of nitrogens with zero attached hydrogens (tertiary/aromatic N) is 1. The summed E-state index contributed by atoms with van der Waals surface area (Å²) in [6, 6.07) is 7.16. The number of anilines is 1. The molecule has 0 aliphatic carbocycles. The van der Waals surface area contributed by atoms with Crippen LogP contribution in [0, 0.1) is 0 Å². The standard InChI is InChI=1S/C10H11BrFNO/c1-7(12)10(14)13(2)9-5-3-4-8(11)6-9/h3-7H,1-2H3. The normalized spacial score (nSPS) is 12.3. The molecule has 0 aliphatic heterocycles. The molecule has 76 valence electrons. The molecule has 1 aromatic carbocycles. The number of hydrogen-bond donors (Lipinski definition) is 0. The Balaban J connectivity index is 2.89. The van der Waals surface area contributed by atoms with E-state index in [-0.39, 0.29) is 0 Å². The minimum Gasteiger partial charge on any atom is -0.313 e. The summed E-state index contributed by atoms with van der Waals surface area (Å²) in [6.07, 6.45) is -1.47. The number of carbonyl (C=O) groups is 1. The van der Waals surface area contributed by atoms with Crippen molar-refractivity contribution in [3.8, 4) is 0 Å². The Labute approximate surface area is 90.8 Å². The zero-order valence-electron chi connectivity index (χ0n) is 8.00. The highest BCUT2D eigenvalue weighted by molar-refractivity contribution is 9.10. The van der Waals surface area contributed by atoms with E-state index in [4.69, 9.17) is 0 Å². The Bertz CT molecular complexity index is 341. The molecule has 14 heavy (non-hydrogen) atoms. The molecule has 0 saturated carbocycles. The maximum atomic E-state index is 12.7. The average molecular weight is 260 g/mol. The molecule has 0 aromatic heterocycles. The van der Waals surface area contributed by atoms with Gasteiger partial charge in [-0.05, 0) is 25.1 Å². The van der Waals surface area contributed by atoms with Gasteiger partial charge in [0.25, 0.3) is 5.91 Å². The summed E-state index contributed by atoms with van der Waals surface area (Å²) in [5, 5.41) is 0. The fourth-order valence-electron chi connectivity index (χ4n) is 1.08. The van der Waals surface area contributed by atoms with E-state index >= 15 is 0 Å². The van der Waals surface area contributed by atoms with Crippen LogP contribution in [0.2, 0.25) is 0 Å². The van der Waals surface area contributed by atoms with Crippen molar-refractivity contribution in [1.82, 2.24) is 0 Å². The smallest absolute Gasteiger partial charge is 0.260 e. The second kappa shape index (κ2) is 4.55. The lowest BCUT2D eigenvalue weighted by atomic mass is 10.3. The van der Waals surface area contributed by atoms with Crippen LogP contribution in [0.4, 0.5) is 10.1 Å². The van der Waals surface area contributed by atoms with E-state index in [0.29, 0.717) is 5.69 Å². The molecule has 1 rings (SSSR count). The zero-order chi connectivity index (χ0) is 10.7. The molecule has 1 unspecified atom stereocenters. The Morgan fingerprint density at radius 1 is 1.57 bits per heavy atom. The summed E-state index contributed by atoms with van der Waals surface area (Å²) < 4.78 is 13.6. The van der Waals surface area contributed by atoms with Crippen LogP contribution in [0.25, 0.3) is 0 Å². The highest BCUT2D eigenvalue weighted by atomic mass is 79.9. The summed E-state index contributed by atoms with van der Waals surface area (Å²) in [4.78, 5) is 12.6. The molecule has 0 fully saturated rings. The Morgan fingerprint density at radius 2 is 2.21 bits per heavy atom. The lowest BCUT2D eigenvalue weighted by molar-refractivity contribution is -0.122. The number of carbonyl (C=O) groups excluding carboxylic acids is 1. The maximum Gasteiger partial charge on any atom is 0.260 e. The van der Waals surface area contributed by atoms with Gasteiger partial charge < -0.3 is 4.90 Å². The number of halogens is 2. The van der Waals surface area contributed by atoms with Gasteiger partial charge in [-0.1, -0.05) is 22.0 Å². The molecular weight excluding hydrogens is 249 g/mol. The zero-order valence-corrected chi connectivity index (χ0v) is 9.58. The van der Waals surface area contributed by atoms with E-state index in [9.17, 15) is 9.18 Å². The molecule has 0 aliphatic rings. The first-order valence-corrected chi connectivity index (χ1v) is 4.99. The van der Waals surface area contributed by atoms with Crippen molar-refractivity contribution in [2.24, 2.45) is 0 Å². The van der Waals surface area contributed by atoms with Gasteiger partial charge in [0.1, 0.15) is 0 Å². The van der Waals surface area contributed by atoms with Crippen molar-refractivity contribution in [3.63, 3.8) is 0 Å². The quantitative estimate of drug-likeness (QED) is 0.800. The van der Waals surface area contributed by atoms with Crippen LogP contribution in [-0.2, 0) is 4.79 Å². The fraction of sp³-hybridized carbons (Fsp3) is 0.300. The van der Waals surface area contributed by atoms with Crippen LogP contribution in [0.3, 0.4) is 0 Å². The largest absolute Gasteiger partial charge is 0.313 e. The molecule has 0 bridgehead atoms. The van der Waals surface area contributed by atoms with Crippen molar-refractivity contribution in [2.75, 3.05) is 11.9 Å². The Hall–Kier alpha value is -0.900. The van der Waals surface area contributed by atoms with Crippen molar-refractivity contribution in [2.45, 2.75) is 13.1 Å². The third-order valence-corrected chi connectivity index (χ3v) is 2.36. The minimum atomic E-state index is -1.47. The lowest BCUT2D eigenvalue weighted by Crippen LogP contribution is -2.32. The predicted molar refractivity (Wildman–Crippen MR) is 58.1 cm³/mol. The molecule has 4 heteroatoms. The van der Waals surface area contributed by atoms with E-state index in [2.05, 4.69) is 15.9 Å². The van der Waals surface area contributed by atoms with Crippen molar-refractivity contribution >= 4 is 27.5 Å². The first-order valence-electron chi connectivity index (χ1n) is 4.19. The van der Waals surface area contributed by atoms with Crippen LogP contribution in [0.1, 0.15) is 6.92 Å². The highest BCUT2D eigenvalue weighted by Crippen LogP contribution is 2.19. The molecule has 0 spiro atoms. The third-order valence-electron chi connectivity index (χ3n) is 1.87. The number of hydrogen-bond acceptors (Lipinski definition) is 1. The van der Waals surface area contributed by atoms with Gasteiger partial charge in [-0.15, -0.1) is 0 Å². The predicted octanol–water partition coefficient (Wildman–Crippen LogP) is 2.77. The molecule has 0 saturated heterocycles. The van der Waals surface area contributed by atoms with Gasteiger partial charge in [-0.3, -0.25) is 4.79 Å². The summed E-state index contributed by atoms with van der Waals surface area (Å²) in [5.41, 5.74) is 0.675. The van der Waals surface area contributed by atoms with Gasteiger partial charge in [0.15, 0.2) is 6.17 Å². The van der Waals surface area contributed by atoms with E-state index in [0.717, 1.165) is 4.47 Å². The lowest BCUT2D eigenvalue weighted by Gasteiger charge is -2.18.